The Balaban J connectivity index is 2.06. The number of hydrogen-bond acceptors (Lipinski definition) is 2. The van der Waals surface area contributed by atoms with Crippen molar-refractivity contribution in [3.63, 3.8) is 0 Å². The van der Waals surface area contributed by atoms with Crippen LogP contribution in [0.5, 0.6) is 0 Å². The summed E-state index contributed by atoms with van der Waals surface area (Å²) in [6.45, 7) is 7.93. The van der Waals surface area contributed by atoms with Gasteiger partial charge in [0.2, 0.25) is 0 Å². The zero-order chi connectivity index (χ0) is 10.6. The molecule has 3 rings (SSSR count). The summed E-state index contributed by atoms with van der Waals surface area (Å²) in [6, 6.07) is 0. The lowest BCUT2D eigenvalue weighted by Crippen LogP contribution is -2.28. The lowest BCUT2D eigenvalue weighted by atomic mass is 9.76. The van der Waals surface area contributed by atoms with Crippen LogP contribution in [-0.2, 0) is 9.53 Å². The van der Waals surface area contributed by atoms with Crippen molar-refractivity contribution in [2.75, 3.05) is 0 Å². The molecule has 5 atom stereocenters. The van der Waals surface area contributed by atoms with Gasteiger partial charge in [0.25, 0.3) is 0 Å². The molecule has 1 saturated heterocycles. The summed E-state index contributed by atoms with van der Waals surface area (Å²) in [5.74, 6) is 1.13. The van der Waals surface area contributed by atoms with E-state index >= 15 is 0 Å². The molecule has 2 nitrogen and oxygen atoms in total. The van der Waals surface area contributed by atoms with Crippen molar-refractivity contribution in [2.24, 2.45) is 23.7 Å². The molecule has 0 radical (unpaired) electrons. The van der Waals surface area contributed by atoms with Crippen LogP contribution in [0.3, 0.4) is 0 Å². The molecule has 3 aliphatic rings. The average molecular weight is 202 g/mol. The second kappa shape index (κ2) is 2.84. The first kappa shape index (κ1) is 8.96. The van der Waals surface area contributed by atoms with Crippen LogP contribution in [0.4, 0.5) is 0 Å². The molecule has 1 heterocycles. The van der Waals surface area contributed by atoms with E-state index in [2.05, 4.69) is 13.2 Å². The Hall–Kier alpha value is -1.31. The van der Waals surface area contributed by atoms with Gasteiger partial charge in [-0.15, -0.1) is 6.58 Å². The van der Waals surface area contributed by atoms with E-state index in [1.165, 1.54) is 0 Å². The lowest BCUT2D eigenvalue weighted by molar-refractivity contribution is -0.143. The first-order valence-electron chi connectivity index (χ1n) is 5.42. The third kappa shape index (κ3) is 1.02. The summed E-state index contributed by atoms with van der Waals surface area (Å²) < 4.78 is 5.34. The molecular formula is C13H14O2. The largest absolute Gasteiger partial charge is 0.458 e. The number of allylic oxidation sites excluding steroid dienone is 3. The summed E-state index contributed by atoms with van der Waals surface area (Å²) in [5.41, 5.74) is 1.13. The Kier molecular flexibility index (Phi) is 1.70. The summed E-state index contributed by atoms with van der Waals surface area (Å²) >= 11 is 0. The monoisotopic (exact) mass is 202 g/mol. The van der Waals surface area contributed by atoms with Crippen molar-refractivity contribution in [1.29, 1.82) is 0 Å². The van der Waals surface area contributed by atoms with E-state index in [0.29, 0.717) is 17.8 Å². The SMILES string of the molecule is C=C[C@@H]1C[C@@H]2C(=O)O[C@@H]3C=CC(=C)[C@H]1[C@H]23. The molecule has 0 amide bonds. The number of rotatable bonds is 1. The minimum absolute atomic E-state index is 0.0112. The van der Waals surface area contributed by atoms with Gasteiger partial charge in [-0.25, -0.2) is 0 Å². The van der Waals surface area contributed by atoms with Crippen molar-refractivity contribution in [1.82, 2.24) is 0 Å². The second-order valence-electron chi connectivity index (χ2n) is 4.68. The van der Waals surface area contributed by atoms with E-state index in [0.717, 1.165) is 12.0 Å². The molecule has 1 saturated carbocycles. The highest BCUT2D eigenvalue weighted by Gasteiger charge is 2.56. The predicted octanol–water partition coefficient (Wildman–Crippen LogP) is 2.09. The molecule has 0 bridgehead atoms. The molecule has 2 heteroatoms. The molecule has 0 aromatic rings. The fourth-order valence-electron chi connectivity index (χ4n) is 3.38. The van der Waals surface area contributed by atoms with Gasteiger partial charge in [-0.1, -0.05) is 24.3 Å². The van der Waals surface area contributed by atoms with Gasteiger partial charge in [0, 0.05) is 5.92 Å². The van der Waals surface area contributed by atoms with E-state index in [1.807, 2.05) is 18.2 Å². The topological polar surface area (TPSA) is 26.3 Å². The molecule has 0 aromatic heterocycles. The van der Waals surface area contributed by atoms with Crippen molar-refractivity contribution in [2.45, 2.75) is 12.5 Å². The summed E-state index contributed by atoms with van der Waals surface area (Å²) in [5, 5.41) is 0. The Bertz CT molecular complexity index is 380. The number of esters is 1. The quantitative estimate of drug-likeness (QED) is 0.480. The van der Waals surface area contributed by atoms with Crippen LogP contribution in [0.1, 0.15) is 6.42 Å². The summed E-state index contributed by atoms with van der Waals surface area (Å²) in [7, 11) is 0. The number of hydrogen-bond donors (Lipinski definition) is 0. The van der Waals surface area contributed by atoms with Crippen LogP contribution >= 0.6 is 0 Å². The second-order valence-corrected chi connectivity index (χ2v) is 4.68. The fourth-order valence-corrected chi connectivity index (χ4v) is 3.38. The first-order chi connectivity index (χ1) is 7.22. The highest BCUT2D eigenvalue weighted by atomic mass is 16.6. The Morgan fingerprint density at radius 1 is 1.53 bits per heavy atom. The molecule has 0 aromatic carbocycles. The highest BCUT2D eigenvalue weighted by Crippen LogP contribution is 2.53. The number of carbonyl (C=O) groups excluding carboxylic acids is 1. The molecule has 0 unspecified atom stereocenters. The smallest absolute Gasteiger partial charge is 0.310 e. The summed E-state index contributed by atoms with van der Waals surface area (Å²) in [6.07, 6.45) is 6.82. The van der Waals surface area contributed by atoms with Crippen LogP contribution in [0.15, 0.2) is 37.0 Å². The van der Waals surface area contributed by atoms with Gasteiger partial charge in [0.05, 0.1) is 5.92 Å². The van der Waals surface area contributed by atoms with E-state index in [4.69, 9.17) is 4.74 Å². The van der Waals surface area contributed by atoms with E-state index in [1.54, 1.807) is 0 Å². The van der Waals surface area contributed by atoms with Gasteiger partial charge >= 0.3 is 5.97 Å². The van der Waals surface area contributed by atoms with Gasteiger partial charge in [0.1, 0.15) is 6.10 Å². The molecule has 78 valence electrons. The van der Waals surface area contributed by atoms with Crippen LogP contribution in [0, 0.1) is 23.7 Å². The highest BCUT2D eigenvalue weighted by molar-refractivity contribution is 5.77. The van der Waals surface area contributed by atoms with Crippen molar-refractivity contribution >= 4 is 5.97 Å². The van der Waals surface area contributed by atoms with Crippen LogP contribution in [0.25, 0.3) is 0 Å². The van der Waals surface area contributed by atoms with Crippen molar-refractivity contribution < 1.29 is 9.53 Å². The van der Waals surface area contributed by atoms with Gasteiger partial charge in [-0.2, -0.15) is 0 Å². The lowest BCUT2D eigenvalue weighted by Gasteiger charge is -2.29. The van der Waals surface area contributed by atoms with Gasteiger partial charge in [-0.05, 0) is 24.3 Å². The van der Waals surface area contributed by atoms with Crippen LogP contribution in [-0.4, -0.2) is 12.1 Å². The van der Waals surface area contributed by atoms with Gasteiger partial charge < -0.3 is 4.74 Å². The first-order valence-corrected chi connectivity index (χ1v) is 5.42. The minimum Gasteiger partial charge on any atom is -0.458 e. The predicted molar refractivity (Wildman–Crippen MR) is 56.9 cm³/mol. The Labute approximate surface area is 89.3 Å². The van der Waals surface area contributed by atoms with Gasteiger partial charge in [0.15, 0.2) is 0 Å². The maximum atomic E-state index is 11.6. The molecule has 0 spiro atoms. The molecule has 2 fully saturated rings. The zero-order valence-electron chi connectivity index (χ0n) is 8.56. The number of ether oxygens (including phenoxy) is 1. The maximum absolute atomic E-state index is 11.6. The Morgan fingerprint density at radius 3 is 3.07 bits per heavy atom. The molecular weight excluding hydrogens is 188 g/mol. The zero-order valence-corrected chi connectivity index (χ0v) is 8.56. The maximum Gasteiger partial charge on any atom is 0.310 e. The average Bonchev–Trinajstić information content (AvgIpc) is 2.74. The van der Waals surface area contributed by atoms with Crippen molar-refractivity contribution in [3.05, 3.63) is 37.0 Å². The van der Waals surface area contributed by atoms with Crippen LogP contribution < -0.4 is 0 Å². The minimum atomic E-state index is -0.0290. The Morgan fingerprint density at radius 2 is 2.33 bits per heavy atom. The summed E-state index contributed by atoms with van der Waals surface area (Å²) in [4.78, 5) is 11.6. The molecule has 15 heavy (non-hydrogen) atoms. The van der Waals surface area contributed by atoms with Crippen LogP contribution in [0.2, 0.25) is 0 Å². The molecule has 2 aliphatic carbocycles. The van der Waals surface area contributed by atoms with Gasteiger partial charge in [-0.3, -0.25) is 4.79 Å². The number of carbonyl (C=O) groups is 1. The van der Waals surface area contributed by atoms with Crippen molar-refractivity contribution in [3.8, 4) is 0 Å². The normalized spacial score (nSPS) is 46.5. The fraction of sp³-hybridized carbons (Fsp3) is 0.462. The third-order valence-corrected chi connectivity index (χ3v) is 4.03. The molecule has 0 N–H and O–H groups in total. The third-order valence-electron chi connectivity index (χ3n) is 4.03. The van der Waals surface area contributed by atoms with E-state index in [-0.39, 0.29) is 18.0 Å². The standard InChI is InChI=1S/C13H14O2/c1-3-8-6-9-12-10(15-13(9)14)5-4-7(2)11(8)12/h3-5,8-12H,1-2,6H2/t8-,9+,10-,11-,12-/m1/s1. The van der Waals surface area contributed by atoms with E-state index in [9.17, 15) is 4.79 Å². The van der Waals surface area contributed by atoms with E-state index < -0.39 is 0 Å². The molecule has 1 aliphatic heterocycles.